The largest absolute Gasteiger partial charge is 0.493 e. The first-order valence-corrected chi connectivity index (χ1v) is 8.90. The van der Waals surface area contributed by atoms with Crippen molar-refractivity contribution in [1.82, 2.24) is 4.98 Å². The fourth-order valence-corrected chi connectivity index (χ4v) is 3.40. The minimum absolute atomic E-state index is 0.194. The lowest BCUT2D eigenvalue weighted by molar-refractivity contribution is 0.103. The van der Waals surface area contributed by atoms with Gasteiger partial charge in [0.2, 0.25) is 11.5 Å². The Morgan fingerprint density at radius 1 is 1.08 bits per heavy atom. The number of benzene rings is 1. The van der Waals surface area contributed by atoms with Crippen LogP contribution in [0.1, 0.15) is 27.5 Å². The van der Waals surface area contributed by atoms with Crippen LogP contribution in [0.25, 0.3) is 5.57 Å². The van der Waals surface area contributed by atoms with Crippen molar-refractivity contribution in [3.8, 4) is 17.2 Å². The van der Waals surface area contributed by atoms with Gasteiger partial charge in [-0.25, -0.2) is 4.98 Å². The number of allylic oxidation sites excluding steroid dienone is 6. The molecule has 0 radical (unpaired) electrons. The Hall–Kier alpha value is -2.86. The molecule has 1 aromatic heterocycles. The molecular formula is C20H19NO4S. The van der Waals surface area contributed by atoms with Gasteiger partial charge in [-0.2, -0.15) is 0 Å². The predicted molar refractivity (Wildman–Crippen MR) is 103 cm³/mol. The van der Waals surface area contributed by atoms with Gasteiger partial charge < -0.3 is 14.2 Å². The molecule has 0 bridgehead atoms. The van der Waals surface area contributed by atoms with Crippen LogP contribution < -0.4 is 14.2 Å². The first kappa shape index (κ1) is 17.9. The molecule has 0 unspecified atom stereocenters. The van der Waals surface area contributed by atoms with Crippen LogP contribution in [0.2, 0.25) is 0 Å². The number of aromatic nitrogens is 1. The van der Waals surface area contributed by atoms with Crippen LogP contribution >= 0.6 is 11.3 Å². The van der Waals surface area contributed by atoms with Gasteiger partial charge in [0.05, 0.1) is 21.3 Å². The van der Waals surface area contributed by atoms with Crippen molar-refractivity contribution in [2.24, 2.45) is 0 Å². The molecule has 1 aliphatic carbocycles. The molecule has 5 nitrogen and oxygen atoms in total. The molecule has 3 rings (SSSR count). The minimum atomic E-state index is -0.194. The number of carbonyl (C=O) groups excluding carboxylic acids is 1. The van der Waals surface area contributed by atoms with Gasteiger partial charge in [-0.15, -0.1) is 11.3 Å². The van der Waals surface area contributed by atoms with Crippen molar-refractivity contribution in [2.45, 2.75) is 6.42 Å². The van der Waals surface area contributed by atoms with Crippen LogP contribution in [0.5, 0.6) is 17.2 Å². The zero-order valence-corrected chi connectivity index (χ0v) is 15.6. The summed E-state index contributed by atoms with van der Waals surface area (Å²) >= 11 is 1.44. The molecule has 0 fully saturated rings. The third kappa shape index (κ3) is 3.55. The summed E-state index contributed by atoms with van der Waals surface area (Å²) in [5.41, 5.74) is 1.82. The number of rotatable bonds is 6. The molecule has 134 valence electrons. The number of hydrogen-bond donors (Lipinski definition) is 0. The number of carbonyl (C=O) groups is 1. The molecule has 26 heavy (non-hydrogen) atoms. The van der Waals surface area contributed by atoms with E-state index >= 15 is 0 Å². The number of hydrogen-bond acceptors (Lipinski definition) is 6. The number of ketones is 1. The van der Waals surface area contributed by atoms with Crippen LogP contribution in [0.15, 0.2) is 47.9 Å². The van der Waals surface area contributed by atoms with Gasteiger partial charge in [0.25, 0.3) is 0 Å². The normalized spacial score (nSPS) is 13.1. The highest BCUT2D eigenvalue weighted by Crippen LogP contribution is 2.38. The first-order chi connectivity index (χ1) is 12.7. The lowest BCUT2D eigenvalue weighted by atomic mass is 10.1. The Balaban J connectivity index is 1.95. The van der Waals surface area contributed by atoms with E-state index in [2.05, 4.69) is 17.1 Å². The highest BCUT2D eigenvalue weighted by atomic mass is 32.1. The zero-order valence-electron chi connectivity index (χ0n) is 14.8. The van der Waals surface area contributed by atoms with Crippen molar-refractivity contribution in [3.63, 3.8) is 0 Å². The maximum absolute atomic E-state index is 12.9. The van der Waals surface area contributed by atoms with Crippen molar-refractivity contribution in [1.29, 1.82) is 0 Å². The average molecular weight is 369 g/mol. The zero-order chi connectivity index (χ0) is 18.5. The smallest absolute Gasteiger partial charge is 0.212 e. The van der Waals surface area contributed by atoms with E-state index in [1.165, 1.54) is 32.7 Å². The van der Waals surface area contributed by atoms with Crippen LogP contribution in [0.4, 0.5) is 0 Å². The quantitative estimate of drug-likeness (QED) is 0.711. The van der Waals surface area contributed by atoms with E-state index in [4.69, 9.17) is 14.2 Å². The summed E-state index contributed by atoms with van der Waals surface area (Å²) in [5, 5.41) is 2.58. The van der Waals surface area contributed by atoms with Crippen molar-refractivity contribution < 1.29 is 19.0 Å². The number of ether oxygens (including phenoxy) is 3. The van der Waals surface area contributed by atoms with E-state index in [1.807, 2.05) is 18.2 Å². The van der Waals surface area contributed by atoms with E-state index in [9.17, 15) is 4.79 Å². The number of nitrogens with zero attached hydrogens (tertiary/aromatic N) is 1. The van der Waals surface area contributed by atoms with Gasteiger partial charge in [-0.05, 0) is 18.6 Å². The molecule has 0 N–H and O–H groups in total. The number of thiazole rings is 1. The molecule has 0 spiro atoms. The van der Waals surface area contributed by atoms with Crippen LogP contribution in [-0.4, -0.2) is 32.1 Å². The van der Waals surface area contributed by atoms with Crippen molar-refractivity contribution in [3.05, 3.63) is 64.2 Å². The first-order valence-electron chi connectivity index (χ1n) is 8.02. The monoisotopic (exact) mass is 369 g/mol. The molecule has 0 amide bonds. The second-order valence-electron chi connectivity index (χ2n) is 5.47. The highest BCUT2D eigenvalue weighted by Gasteiger charge is 2.20. The summed E-state index contributed by atoms with van der Waals surface area (Å²) in [6.45, 7) is 0. The van der Waals surface area contributed by atoms with Crippen molar-refractivity contribution >= 4 is 22.7 Å². The fourth-order valence-electron chi connectivity index (χ4n) is 2.59. The predicted octanol–water partition coefficient (Wildman–Crippen LogP) is 4.30. The van der Waals surface area contributed by atoms with E-state index in [0.29, 0.717) is 28.5 Å². The summed E-state index contributed by atoms with van der Waals surface area (Å²) in [6.07, 6.45) is 11.0. The second-order valence-corrected chi connectivity index (χ2v) is 6.33. The van der Waals surface area contributed by atoms with Crippen LogP contribution in [0.3, 0.4) is 0 Å². The summed E-state index contributed by atoms with van der Waals surface area (Å²) in [6, 6.07) is 3.27. The highest BCUT2D eigenvalue weighted by molar-refractivity contribution is 7.11. The summed E-state index contributed by atoms with van der Waals surface area (Å²) in [4.78, 5) is 17.4. The Labute approximate surface area is 156 Å². The Kier molecular flexibility index (Phi) is 5.53. The summed E-state index contributed by atoms with van der Waals surface area (Å²) < 4.78 is 15.9. The molecule has 2 aromatic rings. The third-order valence-corrected chi connectivity index (χ3v) is 4.78. The SMILES string of the molecule is COc1cc(C(=O)c2csc(C3=CC=CCC=C3)n2)cc(OC)c1OC. The van der Waals surface area contributed by atoms with Crippen LogP contribution in [0, 0.1) is 0 Å². The average Bonchev–Trinajstić information content (AvgIpc) is 3.01. The molecule has 0 saturated carbocycles. The molecule has 0 atom stereocenters. The van der Waals surface area contributed by atoms with Gasteiger partial charge in [0.15, 0.2) is 11.5 Å². The summed E-state index contributed by atoms with van der Waals surface area (Å²) in [5.74, 6) is 1.13. The fraction of sp³-hybridized carbons (Fsp3) is 0.200. The lowest BCUT2D eigenvalue weighted by Crippen LogP contribution is -2.04. The topological polar surface area (TPSA) is 57.7 Å². The van der Waals surface area contributed by atoms with E-state index in [0.717, 1.165) is 17.0 Å². The lowest BCUT2D eigenvalue weighted by Gasteiger charge is -2.13. The van der Waals surface area contributed by atoms with Gasteiger partial charge in [0, 0.05) is 16.5 Å². The van der Waals surface area contributed by atoms with Gasteiger partial charge >= 0.3 is 0 Å². The Morgan fingerprint density at radius 2 is 1.81 bits per heavy atom. The molecule has 1 aromatic carbocycles. The van der Waals surface area contributed by atoms with Gasteiger partial charge in [-0.1, -0.05) is 30.4 Å². The Morgan fingerprint density at radius 3 is 2.46 bits per heavy atom. The maximum Gasteiger partial charge on any atom is 0.212 e. The van der Waals surface area contributed by atoms with Crippen LogP contribution in [-0.2, 0) is 0 Å². The molecular weight excluding hydrogens is 350 g/mol. The molecule has 0 aliphatic heterocycles. The Bertz CT molecular complexity index is 883. The minimum Gasteiger partial charge on any atom is -0.493 e. The van der Waals surface area contributed by atoms with Gasteiger partial charge in [-0.3, -0.25) is 4.79 Å². The molecule has 1 heterocycles. The van der Waals surface area contributed by atoms with Crippen molar-refractivity contribution in [2.75, 3.05) is 21.3 Å². The van der Waals surface area contributed by atoms with Gasteiger partial charge in [0.1, 0.15) is 10.7 Å². The summed E-state index contributed by atoms with van der Waals surface area (Å²) in [7, 11) is 4.56. The third-order valence-electron chi connectivity index (χ3n) is 3.89. The molecule has 1 aliphatic rings. The van der Waals surface area contributed by atoms with E-state index in [-0.39, 0.29) is 5.78 Å². The van der Waals surface area contributed by atoms with E-state index < -0.39 is 0 Å². The van der Waals surface area contributed by atoms with E-state index in [1.54, 1.807) is 17.5 Å². The maximum atomic E-state index is 12.9. The second kappa shape index (κ2) is 8.01. The molecule has 6 heteroatoms. The number of methoxy groups -OCH3 is 3. The standard InChI is InChI=1S/C20H19NO4S/c1-23-16-10-14(11-17(24-2)19(16)25-3)18(22)15-12-26-20(21-15)13-8-6-4-5-7-9-13/h4,6-12H,5H2,1-3H3. The molecule has 0 saturated heterocycles.